The standard InChI is InChI=1S/C14H13ClFNO/c15-10-4-3-5-11(8-10)18-14(9-17)12-6-1-2-7-13(12)16/h1-8,14H,9,17H2. The van der Waals surface area contributed by atoms with E-state index in [4.69, 9.17) is 22.1 Å². The number of nitrogens with two attached hydrogens (primary N) is 1. The summed E-state index contributed by atoms with van der Waals surface area (Å²) in [7, 11) is 0. The van der Waals surface area contributed by atoms with Crippen LogP contribution in [0, 0.1) is 5.82 Å². The van der Waals surface area contributed by atoms with Gasteiger partial charge in [0.25, 0.3) is 0 Å². The maximum atomic E-state index is 13.6. The zero-order chi connectivity index (χ0) is 13.0. The van der Waals surface area contributed by atoms with E-state index in [1.165, 1.54) is 6.07 Å². The Morgan fingerprint density at radius 3 is 2.61 bits per heavy atom. The zero-order valence-electron chi connectivity index (χ0n) is 9.64. The van der Waals surface area contributed by atoms with Gasteiger partial charge in [0.1, 0.15) is 17.7 Å². The monoisotopic (exact) mass is 265 g/mol. The SMILES string of the molecule is NCC(Oc1cccc(Cl)c1)c1ccccc1F. The molecule has 4 heteroatoms. The van der Waals surface area contributed by atoms with Crippen molar-refractivity contribution in [1.82, 2.24) is 0 Å². The van der Waals surface area contributed by atoms with Gasteiger partial charge in [0.15, 0.2) is 0 Å². The van der Waals surface area contributed by atoms with Crippen LogP contribution in [0.1, 0.15) is 11.7 Å². The van der Waals surface area contributed by atoms with Crippen LogP contribution in [0.3, 0.4) is 0 Å². The molecule has 0 heterocycles. The van der Waals surface area contributed by atoms with Gasteiger partial charge in [-0.15, -0.1) is 0 Å². The van der Waals surface area contributed by atoms with E-state index < -0.39 is 6.10 Å². The van der Waals surface area contributed by atoms with Gasteiger partial charge >= 0.3 is 0 Å². The van der Waals surface area contributed by atoms with E-state index in [-0.39, 0.29) is 12.4 Å². The highest BCUT2D eigenvalue weighted by atomic mass is 35.5. The van der Waals surface area contributed by atoms with Crippen LogP contribution < -0.4 is 10.5 Å². The molecular weight excluding hydrogens is 253 g/mol. The minimum atomic E-state index is -0.523. The molecule has 2 nitrogen and oxygen atoms in total. The van der Waals surface area contributed by atoms with Gasteiger partial charge in [-0.05, 0) is 24.3 Å². The van der Waals surface area contributed by atoms with Gasteiger partial charge in [-0.25, -0.2) is 4.39 Å². The van der Waals surface area contributed by atoms with E-state index in [0.29, 0.717) is 16.3 Å². The maximum absolute atomic E-state index is 13.6. The molecule has 0 aliphatic heterocycles. The molecule has 0 aliphatic rings. The highest BCUT2D eigenvalue weighted by Gasteiger charge is 2.15. The fourth-order valence-electron chi connectivity index (χ4n) is 1.68. The molecule has 0 amide bonds. The molecule has 1 atom stereocenters. The average Bonchev–Trinajstić information content (AvgIpc) is 2.37. The average molecular weight is 266 g/mol. The topological polar surface area (TPSA) is 35.2 Å². The molecule has 0 bridgehead atoms. The summed E-state index contributed by atoms with van der Waals surface area (Å²) < 4.78 is 19.3. The molecule has 18 heavy (non-hydrogen) atoms. The van der Waals surface area contributed by atoms with Crippen LogP contribution in [0.15, 0.2) is 48.5 Å². The number of hydrogen-bond donors (Lipinski definition) is 1. The highest BCUT2D eigenvalue weighted by Crippen LogP contribution is 2.25. The Morgan fingerprint density at radius 1 is 1.17 bits per heavy atom. The molecule has 2 aromatic rings. The Hall–Kier alpha value is -1.58. The largest absolute Gasteiger partial charge is 0.484 e. The molecule has 2 N–H and O–H groups in total. The second-order valence-electron chi connectivity index (χ2n) is 3.82. The Bertz CT molecular complexity index is 533. The number of rotatable bonds is 4. The molecule has 0 aromatic heterocycles. The molecule has 0 saturated heterocycles. The summed E-state index contributed by atoms with van der Waals surface area (Å²) in [6.45, 7) is 0.188. The molecule has 0 aliphatic carbocycles. The first kappa shape index (κ1) is 12.9. The van der Waals surface area contributed by atoms with Crippen LogP contribution in [0.4, 0.5) is 4.39 Å². The van der Waals surface area contributed by atoms with Gasteiger partial charge in [-0.3, -0.25) is 0 Å². The van der Waals surface area contributed by atoms with Crippen molar-refractivity contribution in [2.45, 2.75) is 6.10 Å². The van der Waals surface area contributed by atoms with Crippen molar-refractivity contribution in [2.75, 3.05) is 6.54 Å². The lowest BCUT2D eigenvalue weighted by atomic mass is 10.1. The third-order valence-corrected chi connectivity index (χ3v) is 2.78. The number of benzene rings is 2. The summed E-state index contributed by atoms with van der Waals surface area (Å²) in [6.07, 6.45) is -0.523. The molecule has 2 rings (SSSR count). The third kappa shape index (κ3) is 3.00. The van der Waals surface area contributed by atoms with E-state index in [0.717, 1.165) is 0 Å². The molecule has 0 spiro atoms. The van der Waals surface area contributed by atoms with Gasteiger partial charge in [0.2, 0.25) is 0 Å². The van der Waals surface area contributed by atoms with E-state index in [1.807, 2.05) is 0 Å². The normalized spacial score (nSPS) is 12.2. The number of halogens is 2. The van der Waals surface area contributed by atoms with Crippen molar-refractivity contribution in [2.24, 2.45) is 5.73 Å². The lowest BCUT2D eigenvalue weighted by molar-refractivity contribution is 0.209. The maximum Gasteiger partial charge on any atom is 0.139 e. The summed E-state index contributed by atoms with van der Waals surface area (Å²) in [5.74, 6) is 0.246. The molecule has 94 valence electrons. The predicted octanol–water partition coefficient (Wildman–Crippen LogP) is 3.56. The first-order valence-electron chi connectivity index (χ1n) is 5.57. The van der Waals surface area contributed by atoms with Gasteiger partial charge in [0.05, 0.1) is 0 Å². The number of hydrogen-bond acceptors (Lipinski definition) is 2. The smallest absolute Gasteiger partial charge is 0.139 e. The first-order chi connectivity index (χ1) is 8.70. The quantitative estimate of drug-likeness (QED) is 0.917. The fraction of sp³-hybridized carbons (Fsp3) is 0.143. The minimum Gasteiger partial charge on any atom is -0.484 e. The van der Waals surface area contributed by atoms with Crippen molar-refractivity contribution < 1.29 is 9.13 Å². The van der Waals surface area contributed by atoms with Crippen molar-refractivity contribution in [1.29, 1.82) is 0 Å². The molecule has 0 fully saturated rings. The van der Waals surface area contributed by atoms with Crippen LogP contribution in [0.5, 0.6) is 5.75 Å². The Kier molecular flexibility index (Phi) is 4.18. The zero-order valence-corrected chi connectivity index (χ0v) is 10.4. The van der Waals surface area contributed by atoms with Crippen molar-refractivity contribution in [3.8, 4) is 5.75 Å². The second-order valence-corrected chi connectivity index (χ2v) is 4.26. The van der Waals surface area contributed by atoms with Crippen LogP contribution in [-0.4, -0.2) is 6.54 Å². The molecular formula is C14H13ClFNO. The van der Waals surface area contributed by atoms with Gasteiger partial charge < -0.3 is 10.5 Å². The lowest BCUT2D eigenvalue weighted by Crippen LogP contribution is -2.19. The summed E-state index contributed by atoms with van der Waals surface area (Å²) in [6, 6.07) is 13.4. The van der Waals surface area contributed by atoms with E-state index >= 15 is 0 Å². The molecule has 0 radical (unpaired) electrons. The van der Waals surface area contributed by atoms with E-state index in [9.17, 15) is 4.39 Å². The molecule has 1 unspecified atom stereocenters. The summed E-state index contributed by atoms with van der Waals surface area (Å²) in [4.78, 5) is 0. The fourth-order valence-corrected chi connectivity index (χ4v) is 1.86. The Balaban J connectivity index is 2.23. The van der Waals surface area contributed by atoms with Crippen LogP contribution in [-0.2, 0) is 0 Å². The van der Waals surface area contributed by atoms with Crippen molar-refractivity contribution in [3.63, 3.8) is 0 Å². The Labute approximate surface area is 110 Å². The van der Waals surface area contributed by atoms with Crippen LogP contribution in [0.25, 0.3) is 0 Å². The van der Waals surface area contributed by atoms with Gasteiger partial charge in [-0.1, -0.05) is 35.9 Å². The first-order valence-corrected chi connectivity index (χ1v) is 5.95. The minimum absolute atomic E-state index is 0.188. The number of ether oxygens (including phenoxy) is 1. The van der Waals surface area contributed by atoms with Crippen molar-refractivity contribution >= 4 is 11.6 Å². The highest BCUT2D eigenvalue weighted by molar-refractivity contribution is 6.30. The van der Waals surface area contributed by atoms with E-state index in [2.05, 4.69) is 0 Å². The predicted molar refractivity (Wildman–Crippen MR) is 70.3 cm³/mol. The third-order valence-electron chi connectivity index (χ3n) is 2.54. The Morgan fingerprint density at radius 2 is 1.94 bits per heavy atom. The second kappa shape index (κ2) is 5.85. The van der Waals surface area contributed by atoms with Gasteiger partial charge in [-0.2, -0.15) is 0 Å². The summed E-state index contributed by atoms with van der Waals surface area (Å²) in [5, 5.41) is 0.566. The van der Waals surface area contributed by atoms with E-state index in [1.54, 1.807) is 42.5 Å². The lowest BCUT2D eigenvalue weighted by Gasteiger charge is -2.18. The van der Waals surface area contributed by atoms with Crippen LogP contribution in [0.2, 0.25) is 5.02 Å². The van der Waals surface area contributed by atoms with Crippen molar-refractivity contribution in [3.05, 3.63) is 64.9 Å². The summed E-state index contributed by atoms with van der Waals surface area (Å²) in [5.41, 5.74) is 6.08. The molecule has 0 saturated carbocycles. The van der Waals surface area contributed by atoms with Gasteiger partial charge in [0, 0.05) is 17.1 Å². The molecule has 2 aromatic carbocycles. The summed E-state index contributed by atoms with van der Waals surface area (Å²) >= 11 is 5.86. The van der Waals surface area contributed by atoms with Crippen LogP contribution >= 0.6 is 11.6 Å².